The normalized spacial score (nSPS) is 14.1. The van der Waals surface area contributed by atoms with E-state index in [1.165, 1.54) is 0 Å². The summed E-state index contributed by atoms with van der Waals surface area (Å²) in [6.45, 7) is 2.22. The molecular formula is C26H30N4O3. The van der Waals surface area contributed by atoms with Crippen LogP contribution < -0.4 is 19.7 Å². The summed E-state index contributed by atoms with van der Waals surface area (Å²) >= 11 is 0. The average Bonchev–Trinajstić information content (AvgIpc) is 2.89. The van der Waals surface area contributed by atoms with Crippen LogP contribution in [0.2, 0.25) is 0 Å². The molecule has 1 N–H and O–H groups in total. The molecule has 7 nitrogen and oxygen atoms in total. The van der Waals surface area contributed by atoms with Gasteiger partial charge in [0.2, 0.25) is 5.91 Å². The Morgan fingerprint density at radius 2 is 1.73 bits per heavy atom. The van der Waals surface area contributed by atoms with Crippen LogP contribution in [0, 0.1) is 5.92 Å². The van der Waals surface area contributed by atoms with Gasteiger partial charge in [-0.15, -0.1) is 10.2 Å². The van der Waals surface area contributed by atoms with Gasteiger partial charge in [-0.1, -0.05) is 12.1 Å². The number of hydrogen-bond acceptors (Lipinski definition) is 6. The second kappa shape index (κ2) is 10.8. The first kappa shape index (κ1) is 22.6. The molecule has 2 aromatic carbocycles. The number of rotatable bonds is 8. The molecule has 0 bridgehead atoms. The van der Waals surface area contributed by atoms with Gasteiger partial charge in [0.1, 0.15) is 11.5 Å². The van der Waals surface area contributed by atoms with E-state index in [-0.39, 0.29) is 11.8 Å². The average molecular weight is 447 g/mol. The van der Waals surface area contributed by atoms with E-state index in [1.807, 2.05) is 60.7 Å². The van der Waals surface area contributed by atoms with E-state index in [2.05, 4.69) is 20.4 Å². The molecule has 0 unspecified atom stereocenters. The number of ether oxygens (including phenoxy) is 2. The molecule has 2 heterocycles. The number of nitrogens with one attached hydrogen (secondary N) is 1. The lowest BCUT2D eigenvalue weighted by Gasteiger charge is -2.31. The molecule has 172 valence electrons. The molecule has 33 heavy (non-hydrogen) atoms. The van der Waals surface area contributed by atoms with Gasteiger partial charge in [-0.2, -0.15) is 0 Å². The molecule has 0 atom stereocenters. The van der Waals surface area contributed by atoms with Gasteiger partial charge in [0.05, 0.1) is 19.9 Å². The number of piperidine rings is 1. The van der Waals surface area contributed by atoms with Gasteiger partial charge >= 0.3 is 0 Å². The van der Waals surface area contributed by atoms with Crippen molar-refractivity contribution in [3.8, 4) is 22.8 Å². The molecule has 1 aromatic heterocycles. The summed E-state index contributed by atoms with van der Waals surface area (Å²) in [5, 5.41) is 11.9. The topological polar surface area (TPSA) is 76.6 Å². The van der Waals surface area contributed by atoms with Crippen molar-refractivity contribution in [2.75, 3.05) is 38.8 Å². The molecule has 7 heteroatoms. The smallest absolute Gasteiger partial charge is 0.223 e. The quantitative estimate of drug-likeness (QED) is 0.568. The van der Waals surface area contributed by atoms with Crippen molar-refractivity contribution in [1.29, 1.82) is 0 Å². The van der Waals surface area contributed by atoms with E-state index in [0.29, 0.717) is 6.54 Å². The number of amides is 1. The van der Waals surface area contributed by atoms with Gasteiger partial charge in [-0.05, 0) is 73.4 Å². The number of benzene rings is 2. The van der Waals surface area contributed by atoms with E-state index in [0.717, 1.165) is 66.5 Å². The van der Waals surface area contributed by atoms with Crippen molar-refractivity contribution < 1.29 is 14.3 Å². The molecule has 0 saturated carbocycles. The lowest BCUT2D eigenvalue weighted by Crippen LogP contribution is -2.41. The Morgan fingerprint density at radius 1 is 0.970 bits per heavy atom. The summed E-state index contributed by atoms with van der Waals surface area (Å²) in [5.41, 5.74) is 2.98. The Morgan fingerprint density at radius 3 is 2.39 bits per heavy atom. The first-order valence-corrected chi connectivity index (χ1v) is 11.3. The predicted octanol–water partition coefficient (Wildman–Crippen LogP) is 3.74. The number of anilines is 1. The fourth-order valence-electron chi connectivity index (χ4n) is 4.08. The summed E-state index contributed by atoms with van der Waals surface area (Å²) in [5.74, 6) is 2.68. The third-order valence-electron chi connectivity index (χ3n) is 6.07. The van der Waals surface area contributed by atoms with E-state index >= 15 is 0 Å². The predicted molar refractivity (Wildman–Crippen MR) is 129 cm³/mol. The van der Waals surface area contributed by atoms with E-state index in [1.54, 1.807) is 14.2 Å². The molecule has 3 aromatic rings. The first-order chi connectivity index (χ1) is 16.2. The summed E-state index contributed by atoms with van der Waals surface area (Å²) in [4.78, 5) is 14.8. The molecule has 0 radical (unpaired) electrons. The molecule has 0 spiro atoms. The van der Waals surface area contributed by atoms with E-state index < -0.39 is 0 Å². The minimum Gasteiger partial charge on any atom is -0.497 e. The number of hydrogen-bond donors (Lipinski definition) is 1. The second-order valence-electron chi connectivity index (χ2n) is 8.16. The Hall–Kier alpha value is -3.61. The lowest BCUT2D eigenvalue weighted by atomic mass is 9.96. The maximum absolute atomic E-state index is 12.6. The van der Waals surface area contributed by atoms with Crippen molar-refractivity contribution in [3.63, 3.8) is 0 Å². The Labute approximate surface area is 194 Å². The highest BCUT2D eigenvalue weighted by Crippen LogP contribution is 2.24. The third kappa shape index (κ3) is 5.80. The molecule has 4 rings (SSSR count). The summed E-state index contributed by atoms with van der Waals surface area (Å²) in [6.07, 6.45) is 2.41. The molecule has 1 amide bonds. The minimum absolute atomic E-state index is 0.0399. The van der Waals surface area contributed by atoms with E-state index in [9.17, 15) is 4.79 Å². The van der Waals surface area contributed by atoms with Gasteiger partial charge in [0, 0.05) is 31.1 Å². The van der Waals surface area contributed by atoms with Crippen LogP contribution >= 0.6 is 0 Å². The first-order valence-electron chi connectivity index (χ1n) is 11.3. The van der Waals surface area contributed by atoms with Crippen LogP contribution in [0.5, 0.6) is 11.5 Å². The molecule has 0 aliphatic carbocycles. The van der Waals surface area contributed by atoms with Crippen LogP contribution in [0.3, 0.4) is 0 Å². The largest absolute Gasteiger partial charge is 0.497 e. The molecule has 1 aliphatic rings. The van der Waals surface area contributed by atoms with Crippen LogP contribution in [0.15, 0.2) is 60.7 Å². The number of aromatic nitrogens is 2. The summed E-state index contributed by atoms with van der Waals surface area (Å²) in [7, 11) is 3.31. The highest BCUT2D eigenvalue weighted by Gasteiger charge is 2.25. The molecule has 1 saturated heterocycles. The summed E-state index contributed by atoms with van der Waals surface area (Å²) < 4.78 is 10.5. The molecule has 1 fully saturated rings. The van der Waals surface area contributed by atoms with Gasteiger partial charge in [0.25, 0.3) is 0 Å². The van der Waals surface area contributed by atoms with Crippen molar-refractivity contribution in [1.82, 2.24) is 15.5 Å². The van der Waals surface area contributed by atoms with Crippen LogP contribution in [0.4, 0.5) is 5.82 Å². The van der Waals surface area contributed by atoms with Crippen molar-refractivity contribution >= 4 is 11.7 Å². The number of methoxy groups -OCH3 is 2. The monoisotopic (exact) mass is 446 g/mol. The zero-order chi connectivity index (χ0) is 23.0. The van der Waals surface area contributed by atoms with Crippen LogP contribution in [0.25, 0.3) is 11.3 Å². The number of nitrogens with zero attached hydrogens (tertiary/aromatic N) is 3. The second-order valence-corrected chi connectivity index (χ2v) is 8.16. The zero-order valence-electron chi connectivity index (χ0n) is 19.2. The fourth-order valence-corrected chi connectivity index (χ4v) is 4.08. The SMILES string of the molecule is COc1ccc(-c2ccc(N3CCC(C(=O)NCCc4cccc(OC)c4)CC3)nn2)cc1. The Kier molecular flexibility index (Phi) is 7.40. The highest BCUT2D eigenvalue weighted by molar-refractivity contribution is 5.79. The highest BCUT2D eigenvalue weighted by atomic mass is 16.5. The van der Waals surface area contributed by atoms with Crippen molar-refractivity contribution in [3.05, 3.63) is 66.2 Å². The van der Waals surface area contributed by atoms with Crippen LogP contribution in [-0.4, -0.2) is 50.0 Å². The zero-order valence-corrected chi connectivity index (χ0v) is 19.2. The minimum atomic E-state index is 0.0399. The Bertz CT molecular complexity index is 1050. The maximum atomic E-state index is 12.6. The summed E-state index contributed by atoms with van der Waals surface area (Å²) in [6, 6.07) is 19.7. The molecule has 1 aliphatic heterocycles. The van der Waals surface area contributed by atoms with Crippen molar-refractivity contribution in [2.45, 2.75) is 19.3 Å². The van der Waals surface area contributed by atoms with Gasteiger partial charge in [0.15, 0.2) is 5.82 Å². The fraction of sp³-hybridized carbons (Fsp3) is 0.346. The van der Waals surface area contributed by atoms with Gasteiger partial charge < -0.3 is 19.7 Å². The van der Waals surface area contributed by atoms with Gasteiger partial charge in [-0.3, -0.25) is 4.79 Å². The standard InChI is InChI=1S/C26H30N4O3/c1-32-22-8-6-20(7-9-22)24-10-11-25(29-28-24)30-16-13-21(14-17-30)26(31)27-15-12-19-4-3-5-23(18-19)33-2/h3-11,18,21H,12-17H2,1-2H3,(H,27,31). The van der Waals surface area contributed by atoms with Gasteiger partial charge in [-0.25, -0.2) is 0 Å². The Balaban J connectivity index is 1.24. The maximum Gasteiger partial charge on any atom is 0.223 e. The molecular weight excluding hydrogens is 416 g/mol. The lowest BCUT2D eigenvalue weighted by molar-refractivity contribution is -0.125. The van der Waals surface area contributed by atoms with Crippen molar-refractivity contribution in [2.24, 2.45) is 5.92 Å². The van der Waals surface area contributed by atoms with Crippen LogP contribution in [0.1, 0.15) is 18.4 Å². The third-order valence-corrected chi connectivity index (χ3v) is 6.07. The van der Waals surface area contributed by atoms with Crippen LogP contribution in [-0.2, 0) is 11.2 Å². The number of carbonyl (C=O) groups excluding carboxylic acids is 1. The number of carbonyl (C=O) groups is 1. The van der Waals surface area contributed by atoms with E-state index in [4.69, 9.17) is 9.47 Å².